The number of rotatable bonds is 2. The first kappa shape index (κ1) is 10.7. The van der Waals surface area contributed by atoms with Crippen LogP contribution in [-0.4, -0.2) is 16.2 Å². The van der Waals surface area contributed by atoms with Gasteiger partial charge in [0.15, 0.2) is 0 Å². The molecule has 0 bridgehead atoms. The average molecular weight is 295 g/mol. The van der Waals surface area contributed by atoms with E-state index in [4.69, 9.17) is 9.47 Å². The zero-order chi connectivity index (χ0) is 11.8. The standard InChI is InChI=1S/C12H11BrN2O2/c1-2-17-8-3-4-15-11(5-8)12-9(13)6-16-7-10(12)14-15/h3-6H,2,7H2,1H3. The summed E-state index contributed by atoms with van der Waals surface area (Å²) >= 11 is 3.49. The first-order valence-corrected chi connectivity index (χ1v) is 6.20. The van der Waals surface area contributed by atoms with Crippen LogP contribution in [0.1, 0.15) is 18.2 Å². The second-order valence-corrected chi connectivity index (χ2v) is 4.58. The van der Waals surface area contributed by atoms with E-state index in [0.29, 0.717) is 13.2 Å². The normalized spacial score (nSPS) is 14.1. The van der Waals surface area contributed by atoms with Gasteiger partial charge in [-0.05, 0) is 28.9 Å². The Morgan fingerprint density at radius 1 is 1.59 bits per heavy atom. The van der Waals surface area contributed by atoms with E-state index >= 15 is 0 Å². The van der Waals surface area contributed by atoms with E-state index in [9.17, 15) is 0 Å². The van der Waals surface area contributed by atoms with Crippen LogP contribution in [0.25, 0.3) is 10.00 Å². The molecule has 0 fully saturated rings. The molecule has 0 aliphatic carbocycles. The molecule has 3 heterocycles. The molecule has 0 radical (unpaired) electrons. The van der Waals surface area contributed by atoms with E-state index in [1.54, 1.807) is 6.26 Å². The lowest BCUT2D eigenvalue weighted by molar-refractivity contribution is 0.229. The van der Waals surface area contributed by atoms with Crippen LogP contribution in [0.15, 0.2) is 24.6 Å². The third-order valence-electron chi connectivity index (χ3n) is 2.64. The van der Waals surface area contributed by atoms with E-state index < -0.39 is 0 Å². The lowest BCUT2D eigenvalue weighted by atomic mass is 10.2. The number of aromatic nitrogens is 2. The van der Waals surface area contributed by atoms with Crippen molar-refractivity contribution in [3.8, 4) is 5.75 Å². The molecule has 0 amide bonds. The van der Waals surface area contributed by atoms with Gasteiger partial charge in [0.1, 0.15) is 18.1 Å². The molecule has 3 rings (SSSR count). The van der Waals surface area contributed by atoms with Gasteiger partial charge in [-0.2, -0.15) is 5.10 Å². The van der Waals surface area contributed by atoms with Crippen LogP contribution in [0.2, 0.25) is 0 Å². The van der Waals surface area contributed by atoms with Gasteiger partial charge in [0.05, 0.1) is 22.9 Å². The second-order valence-electron chi connectivity index (χ2n) is 3.72. The van der Waals surface area contributed by atoms with Crippen molar-refractivity contribution in [2.75, 3.05) is 6.61 Å². The molecule has 88 valence electrons. The molecule has 0 N–H and O–H groups in total. The largest absolute Gasteiger partial charge is 0.494 e. The minimum absolute atomic E-state index is 0.510. The van der Waals surface area contributed by atoms with Crippen molar-refractivity contribution in [2.45, 2.75) is 13.5 Å². The van der Waals surface area contributed by atoms with Gasteiger partial charge < -0.3 is 9.47 Å². The highest BCUT2D eigenvalue weighted by molar-refractivity contribution is 9.15. The molecule has 1 aliphatic heterocycles. The van der Waals surface area contributed by atoms with E-state index in [1.165, 1.54) is 0 Å². The fourth-order valence-electron chi connectivity index (χ4n) is 1.95. The maximum atomic E-state index is 5.50. The van der Waals surface area contributed by atoms with Crippen LogP contribution in [0.5, 0.6) is 5.75 Å². The SMILES string of the molecule is CCOc1ccn2nc3c(c2c1)C(Br)=COC3. The van der Waals surface area contributed by atoms with Crippen LogP contribution in [0.4, 0.5) is 0 Å². The van der Waals surface area contributed by atoms with Gasteiger partial charge in [0.25, 0.3) is 0 Å². The average Bonchev–Trinajstić information content (AvgIpc) is 2.68. The van der Waals surface area contributed by atoms with Gasteiger partial charge in [-0.15, -0.1) is 0 Å². The van der Waals surface area contributed by atoms with Crippen molar-refractivity contribution in [1.29, 1.82) is 0 Å². The Morgan fingerprint density at radius 2 is 2.47 bits per heavy atom. The van der Waals surface area contributed by atoms with Gasteiger partial charge in [0, 0.05) is 17.8 Å². The van der Waals surface area contributed by atoms with Crippen molar-refractivity contribution < 1.29 is 9.47 Å². The molecule has 0 atom stereocenters. The summed E-state index contributed by atoms with van der Waals surface area (Å²) in [6, 6.07) is 3.91. The van der Waals surface area contributed by atoms with Crippen LogP contribution in [0, 0.1) is 0 Å². The zero-order valence-electron chi connectivity index (χ0n) is 9.31. The molecule has 2 aromatic heterocycles. The predicted octanol–water partition coefficient (Wildman–Crippen LogP) is 2.96. The summed E-state index contributed by atoms with van der Waals surface area (Å²) in [5.41, 5.74) is 3.04. The molecule has 0 aromatic carbocycles. The van der Waals surface area contributed by atoms with Gasteiger partial charge in [0.2, 0.25) is 0 Å². The van der Waals surface area contributed by atoms with Crippen molar-refractivity contribution in [3.63, 3.8) is 0 Å². The van der Waals surface area contributed by atoms with E-state index in [2.05, 4.69) is 21.0 Å². The van der Waals surface area contributed by atoms with Crippen LogP contribution >= 0.6 is 15.9 Å². The highest BCUT2D eigenvalue weighted by Gasteiger charge is 2.19. The molecular formula is C12H11BrN2O2. The molecule has 0 spiro atoms. The number of nitrogens with zero attached hydrogens (tertiary/aromatic N) is 2. The number of pyridine rings is 1. The fourth-order valence-corrected chi connectivity index (χ4v) is 2.51. The number of hydrogen-bond acceptors (Lipinski definition) is 3. The Bertz CT molecular complexity index is 604. The summed E-state index contributed by atoms with van der Waals surface area (Å²) in [5, 5.41) is 4.47. The third-order valence-corrected chi connectivity index (χ3v) is 3.22. The molecule has 17 heavy (non-hydrogen) atoms. The number of ether oxygens (including phenoxy) is 2. The highest BCUT2D eigenvalue weighted by Crippen LogP contribution is 2.33. The summed E-state index contributed by atoms with van der Waals surface area (Å²) in [7, 11) is 0. The topological polar surface area (TPSA) is 35.8 Å². The maximum Gasteiger partial charge on any atom is 0.132 e. The Labute approximate surface area is 107 Å². The molecule has 5 heteroatoms. The molecule has 0 saturated carbocycles. The summed E-state index contributed by atoms with van der Waals surface area (Å²) < 4.78 is 13.6. The molecular weight excluding hydrogens is 284 g/mol. The molecule has 2 aromatic rings. The van der Waals surface area contributed by atoms with Gasteiger partial charge in [-0.3, -0.25) is 0 Å². The lowest BCUT2D eigenvalue weighted by Gasteiger charge is -2.08. The highest BCUT2D eigenvalue weighted by atomic mass is 79.9. The minimum Gasteiger partial charge on any atom is -0.494 e. The molecule has 0 saturated heterocycles. The Kier molecular flexibility index (Phi) is 2.55. The predicted molar refractivity (Wildman–Crippen MR) is 68.1 cm³/mol. The van der Waals surface area contributed by atoms with Crippen molar-refractivity contribution in [1.82, 2.24) is 9.61 Å². The second kappa shape index (κ2) is 4.07. The van der Waals surface area contributed by atoms with E-state index in [-0.39, 0.29) is 0 Å². The summed E-state index contributed by atoms with van der Waals surface area (Å²) in [6.07, 6.45) is 3.61. The first-order chi connectivity index (χ1) is 8.29. The van der Waals surface area contributed by atoms with Crippen LogP contribution in [-0.2, 0) is 11.3 Å². The maximum absolute atomic E-state index is 5.50. The molecule has 0 unspecified atom stereocenters. The van der Waals surface area contributed by atoms with Crippen molar-refractivity contribution in [2.24, 2.45) is 0 Å². The van der Waals surface area contributed by atoms with Crippen LogP contribution in [0.3, 0.4) is 0 Å². The molecule has 1 aliphatic rings. The third kappa shape index (κ3) is 1.70. The summed E-state index contributed by atoms with van der Waals surface area (Å²) in [6.45, 7) is 3.14. The van der Waals surface area contributed by atoms with E-state index in [1.807, 2.05) is 29.8 Å². The minimum atomic E-state index is 0.510. The lowest BCUT2D eigenvalue weighted by Crippen LogP contribution is -1.96. The Morgan fingerprint density at radius 3 is 3.29 bits per heavy atom. The Hall–Kier alpha value is -1.49. The molecule has 4 nitrogen and oxygen atoms in total. The smallest absolute Gasteiger partial charge is 0.132 e. The summed E-state index contributed by atoms with van der Waals surface area (Å²) in [5.74, 6) is 0.856. The number of halogens is 1. The van der Waals surface area contributed by atoms with Gasteiger partial charge >= 0.3 is 0 Å². The van der Waals surface area contributed by atoms with E-state index in [0.717, 1.165) is 27.0 Å². The van der Waals surface area contributed by atoms with Crippen LogP contribution < -0.4 is 4.74 Å². The first-order valence-electron chi connectivity index (χ1n) is 5.41. The quantitative estimate of drug-likeness (QED) is 0.854. The zero-order valence-corrected chi connectivity index (χ0v) is 10.9. The van der Waals surface area contributed by atoms with Crippen molar-refractivity contribution in [3.05, 3.63) is 35.8 Å². The monoisotopic (exact) mass is 294 g/mol. The Balaban J connectivity index is 2.22. The number of hydrogen-bond donors (Lipinski definition) is 0. The fraction of sp³-hybridized carbons (Fsp3) is 0.250. The number of fused-ring (bicyclic) bond motifs is 3. The van der Waals surface area contributed by atoms with Crippen molar-refractivity contribution >= 4 is 25.9 Å². The van der Waals surface area contributed by atoms with Gasteiger partial charge in [-0.25, -0.2) is 4.52 Å². The summed E-state index contributed by atoms with van der Waals surface area (Å²) in [4.78, 5) is 0. The van der Waals surface area contributed by atoms with Gasteiger partial charge in [-0.1, -0.05) is 0 Å².